The first-order valence-electron chi connectivity index (χ1n) is 11.4. The number of hydrogen-bond acceptors (Lipinski definition) is 1. The fourth-order valence-electron chi connectivity index (χ4n) is 5.61. The quantitative estimate of drug-likeness (QED) is 0.476. The van der Waals surface area contributed by atoms with Crippen molar-refractivity contribution in [2.24, 2.45) is 11.3 Å². The minimum atomic E-state index is -0.0725. The Hall–Kier alpha value is -2.54. The predicted molar refractivity (Wildman–Crippen MR) is 130 cm³/mol. The van der Waals surface area contributed by atoms with Crippen LogP contribution in [-0.2, 0) is 0 Å². The van der Waals surface area contributed by atoms with Crippen LogP contribution in [0.25, 0.3) is 5.57 Å². The maximum atomic E-state index is 2.66. The molecule has 3 unspecified atom stereocenters. The average molecular weight is 398 g/mol. The number of fused-ring (bicyclic) bond motifs is 3. The molecule has 4 rings (SSSR count). The zero-order valence-electron chi connectivity index (χ0n) is 19.2. The second kappa shape index (κ2) is 7.95. The predicted octanol–water partition coefficient (Wildman–Crippen LogP) is 7.48. The summed E-state index contributed by atoms with van der Waals surface area (Å²) in [6.07, 6.45) is 21.3. The van der Waals surface area contributed by atoms with Gasteiger partial charge in [-0.05, 0) is 62.5 Å². The van der Waals surface area contributed by atoms with Crippen LogP contribution >= 0.6 is 0 Å². The Kier molecular flexibility index (Phi) is 5.49. The van der Waals surface area contributed by atoms with Crippen molar-refractivity contribution in [2.45, 2.75) is 53.0 Å². The van der Waals surface area contributed by atoms with Crippen LogP contribution in [0.1, 0.15) is 53.0 Å². The van der Waals surface area contributed by atoms with E-state index >= 15 is 0 Å². The fourth-order valence-corrected chi connectivity index (χ4v) is 5.61. The van der Waals surface area contributed by atoms with Crippen molar-refractivity contribution in [1.29, 1.82) is 0 Å². The molecule has 1 fully saturated rings. The summed E-state index contributed by atoms with van der Waals surface area (Å²) in [5, 5.41) is 0. The van der Waals surface area contributed by atoms with Gasteiger partial charge < -0.3 is 4.90 Å². The summed E-state index contributed by atoms with van der Waals surface area (Å²) in [6.45, 7) is 12.5. The largest absolute Gasteiger partial charge is 0.358 e. The van der Waals surface area contributed by atoms with Gasteiger partial charge in [-0.25, -0.2) is 0 Å². The van der Waals surface area contributed by atoms with Crippen LogP contribution in [0.3, 0.4) is 0 Å². The van der Waals surface area contributed by atoms with Gasteiger partial charge in [0.15, 0.2) is 0 Å². The van der Waals surface area contributed by atoms with Crippen molar-refractivity contribution in [3.63, 3.8) is 0 Å². The highest BCUT2D eigenvalue weighted by Gasteiger charge is 2.56. The summed E-state index contributed by atoms with van der Waals surface area (Å²) in [5.74, 6) is 0.460. The highest BCUT2D eigenvalue weighted by atomic mass is 15.2. The first-order valence-corrected chi connectivity index (χ1v) is 11.4. The maximum absolute atomic E-state index is 2.66. The minimum absolute atomic E-state index is 0.00688. The van der Waals surface area contributed by atoms with Gasteiger partial charge >= 0.3 is 0 Å². The molecular weight excluding hydrogens is 362 g/mol. The molecule has 1 aliphatic carbocycles. The van der Waals surface area contributed by atoms with E-state index in [9.17, 15) is 0 Å². The molecule has 0 spiro atoms. The molecule has 3 atom stereocenters. The van der Waals surface area contributed by atoms with Gasteiger partial charge in [0.2, 0.25) is 0 Å². The molecule has 30 heavy (non-hydrogen) atoms. The fraction of sp³-hybridized carbons (Fsp3) is 0.379. The van der Waals surface area contributed by atoms with Gasteiger partial charge in [-0.2, -0.15) is 0 Å². The molecule has 3 aliphatic rings. The third kappa shape index (κ3) is 3.16. The van der Waals surface area contributed by atoms with E-state index in [1.807, 2.05) is 0 Å². The molecule has 1 nitrogen and oxygen atoms in total. The molecule has 1 saturated heterocycles. The van der Waals surface area contributed by atoms with Crippen molar-refractivity contribution in [3.8, 4) is 0 Å². The van der Waals surface area contributed by atoms with Crippen LogP contribution < -0.4 is 0 Å². The zero-order valence-corrected chi connectivity index (χ0v) is 19.2. The first kappa shape index (κ1) is 20.7. The highest BCUT2D eigenvalue weighted by Crippen LogP contribution is 2.58. The molecule has 1 heteroatoms. The van der Waals surface area contributed by atoms with Crippen molar-refractivity contribution in [1.82, 2.24) is 4.90 Å². The standard InChI is InChI=1S/C29H35N/c1-6-8-19-29(5)28(4,18-7-2)26-16-15-24(23-12-10-9-11-13-23)20-25(26)27-17-14-22(3)21-30(27)29/h7-15,17-20,26H,6,16,21H2,1-5H3. The van der Waals surface area contributed by atoms with Crippen LogP contribution in [0.2, 0.25) is 0 Å². The van der Waals surface area contributed by atoms with Crippen LogP contribution in [0.15, 0.2) is 95.8 Å². The van der Waals surface area contributed by atoms with Crippen molar-refractivity contribution < 1.29 is 0 Å². The molecule has 0 bridgehead atoms. The Morgan fingerprint density at radius 2 is 1.87 bits per heavy atom. The van der Waals surface area contributed by atoms with Gasteiger partial charge in [0.1, 0.15) is 0 Å². The lowest BCUT2D eigenvalue weighted by Crippen LogP contribution is -2.62. The normalized spacial score (nSPS) is 31.1. The Bertz CT molecular complexity index is 984. The van der Waals surface area contributed by atoms with Crippen LogP contribution in [0, 0.1) is 11.3 Å². The lowest BCUT2D eigenvalue weighted by molar-refractivity contribution is 0.0301. The van der Waals surface area contributed by atoms with E-state index in [1.54, 1.807) is 0 Å². The minimum Gasteiger partial charge on any atom is -0.358 e. The number of allylic oxidation sites excluding steroid dienone is 8. The molecule has 2 aliphatic heterocycles. The Labute approximate surface area is 182 Å². The maximum Gasteiger partial charge on any atom is 0.0654 e. The number of benzene rings is 1. The number of hydrogen-bond donors (Lipinski definition) is 0. The van der Waals surface area contributed by atoms with Gasteiger partial charge in [-0.3, -0.25) is 0 Å². The van der Waals surface area contributed by atoms with E-state index in [1.165, 1.54) is 28.0 Å². The van der Waals surface area contributed by atoms with E-state index in [2.05, 4.69) is 118 Å². The second-order valence-corrected chi connectivity index (χ2v) is 9.31. The number of piperidine rings is 1. The average Bonchev–Trinajstić information content (AvgIpc) is 2.77. The van der Waals surface area contributed by atoms with E-state index in [0.717, 1.165) is 19.4 Å². The van der Waals surface area contributed by atoms with Gasteiger partial charge in [-0.15, -0.1) is 0 Å². The second-order valence-electron chi connectivity index (χ2n) is 9.31. The van der Waals surface area contributed by atoms with Gasteiger partial charge in [0.05, 0.1) is 5.54 Å². The lowest BCUT2D eigenvalue weighted by atomic mass is 9.55. The Morgan fingerprint density at radius 3 is 2.57 bits per heavy atom. The third-order valence-electron chi connectivity index (χ3n) is 7.45. The molecule has 0 N–H and O–H groups in total. The molecule has 1 aromatic carbocycles. The van der Waals surface area contributed by atoms with E-state index in [0.29, 0.717) is 5.92 Å². The number of rotatable bonds is 4. The molecule has 0 radical (unpaired) electrons. The summed E-state index contributed by atoms with van der Waals surface area (Å²) in [6, 6.07) is 10.8. The Morgan fingerprint density at radius 1 is 1.10 bits per heavy atom. The smallest absolute Gasteiger partial charge is 0.0654 e. The first-order chi connectivity index (χ1) is 14.4. The summed E-state index contributed by atoms with van der Waals surface area (Å²) in [7, 11) is 0. The SMILES string of the molecule is CC=CC1(C)C2CC=C(c3ccccc3)C=C2C2=CC=C(C)CN2C1(C)C=CCC. The van der Waals surface area contributed by atoms with Gasteiger partial charge in [-0.1, -0.05) is 86.2 Å². The Balaban J connectivity index is 1.91. The third-order valence-corrected chi connectivity index (χ3v) is 7.45. The van der Waals surface area contributed by atoms with E-state index in [-0.39, 0.29) is 11.0 Å². The van der Waals surface area contributed by atoms with Crippen LogP contribution in [0.5, 0.6) is 0 Å². The molecule has 156 valence electrons. The summed E-state index contributed by atoms with van der Waals surface area (Å²) in [5.41, 5.74) is 6.91. The van der Waals surface area contributed by atoms with E-state index in [4.69, 9.17) is 0 Å². The van der Waals surface area contributed by atoms with Crippen LogP contribution in [-0.4, -0.2) is 17.0 Å². The molecular formula is C29H35N. The monoisotopic (exact) mass is 397 g/mol. The van der Waals surface area contributed by atoms with Crippen molar-refractivity contribution >= 4 is 5.57 Å². The zero-order chi connectivity index (χ0) is 21.4. The summed E-state index contributed by atoms with van der Waals surface area (Å²) < 4.78 is 0. The number of nitrogens with zero attached hydrogens (tertiary/aromatic N) is 1. The molecule has 2 heterocycles. The lowest BCUT2D eigenvalue weighted by Gasteiger charge is -2.61. The molecule has 0 aromatic heterocycles. The van der Waals surface area contributed by atoms with Gasteiger partial charge in [0.25, 0.3) is 0 Å². The molecule has 0 saturated carbocycles. The van der Waals surface area contributed by atoms with Gasteiger partial charge in [0, 0.05) is 23.6 Å². The molecule has 1 aromatic rings. The van der Waals surface area contributed by atoms with Crippen molar-refractivity contribution in [3.05, 3.63) is 101 Å². The topological polar surface area (TPSA) is 3.24 Å². The van der Waals surface area contributed by atoms with Crippen LogP contribution in [0.4, 0.5) is 0 Å². The van der Waals surface area contributed by atoms with Crippen molar-refractivity contribution in [2.75, 3.05) is 6.54 Å². The highest BCUT2D eigenvalue weighted by molar-refractivity contribution is 5.77. The summed E-state index contributed by atoms with van der Waals surface area (Å²) in [4.78, 5) is 2.66. The summed E-state index contributed by atoms with van der Waals surface area (Å²) >= 11 is 0. The molecule has 0 amide bonds. The van der Waals surface area contributed by atoms with E-state index < -0.39 is 0 Å².